The third kappa shape index (κ3) is 1.38. The van der Waals surface area contributed by atoms with Gasteiger partial charge in [0.25, 0.3) is 9.05 Å². The van der Waals surface area contributed by atoms with Gasteiger partial charge < -0.3 is 4.52 Å². The summed E-state index contributed by atoms with van der Waals surface area (Å²) in [6, 6.07) is 4.71. The van der Waals surface area contributed by atoms with E-state index < -0.39 is 9.05 Å². The van der Waals surface area contributed by atoms with Gasteiger partial charge in [-0.05, 0) is 19.1 Å². The van der Waals surface area contributed by atoms with Crippen molar-refractivity contribution in [3.8, 4) is 0 Å². The molecule has 4 nitrogen and oxygen atoms in total. The third-order valence-electron chi connectivity index (χ3n) is 1.91. The maximum Gasteiger partial charge on any atom is 0.265 e. The molecule has 0 aliphatic rings. The van der Waals surface area contributed by atoms with Crippen molar-refractivity contribution in [1.29, 1.82) is 0 Å². The number of hydrogen-bond donors (Lipinski definition) is 0. The van der Waals surface area contributed by atoms with Crippen LogP contribution in [0.15, 0.2) is 27.6 Å². The molecule has 0 aliphatic heterocycles. The fourth-order valence-corrected chi connectivity index (χ4v) is 2.22. The highest BCUT2D eigenvalue weighted by Crippen LogP contribution is 2.27. The Morgan fingerprint density at radius 1 is 1.43 bits per heavy atom. The summed E-state index contributed by atoms with van der Waals surface area (Å²) in [5, 5.41) is 4.33. The quantitative estimate of drug-likeness (QED) is 0.705. The zero-order valence-corrected chi connectivity index (χ0v) is 8.76. The summed E-state index contributed by atoms with van der Waals surface area (Å²) in [6.07, 6.45) is 0. The van der Waals surface area contributed by atoms with Crippen LogP contribution in [-0.4, -0.2) is 13.6 Å². The molecule has 1 aromatic heterocycles. The fraction of sp³-hybridized carbons (Fsp3) is 0.125. The number of aryl methyl sites for hydroxylation is 1. The topological polar surface area (TPSA) is 60.2 Å². The Labute approximate surface area is 84.9 Å². The van der Waals surface area contributed by atoms with Gasteiger partial charge in [-0.2, -0.15) is 0 Å². The number of benzene rings is 1. The van der Waals surface area contributed by atoms with Crippen LogP contribution in [-0.2, 0) is 9.05 Å². The van der Waals surface area contributed by atoms with Crippen molar-refractivity contribution in [3.05, 3.63) is 23.9 Å². The molecular formula is C8H6ClNO3S. The van der Waals surface area contributed by atoms with Crippen LogP contribution in [0.3, 0.4) is 0 Å². The van der Waals surface area contributed by atoms with Crippen LogP contribution < -0.4 is 0 Å². The lowest BCUT2D eigenvalue weighted by Crippen LogP contribution is -1.90. The lowest BCUT2D eigenvalue weighted by Gasteiger charge is -1.94. The Bertz CT molecular complexity index is 588. The number of fused-ring (bicyclic) bond motifs is 1. The van der Waals surface area contributed by atoms with Gasteiger partial charge in [0, 0.05) is 16.1 Å². The van der Waals surface area contributed by atoms with E-state index in [0.29, 0.717) is 11.1 Å². The third-order valence-corrected chi connectivity index (χ3v) is 3.25. The first kappa shape index (κ1) is 9.48. The number of nitrogens with zero attached hydrogens (tertiary/aromatic N) is 1. The molecule has 0 aliphatic carbocycles. The highest BCUT2D eigenvalue weighted by atomic mass is 35.7. The van der Waals surface area contributed by atoms with Gasteiger partial charge in [-0.25, -0.2) is 8.42 Å². The van der Waals surface area contributed by atoms with Gasteiger partial charge in [-0.15, -0.1) is 0 Å². The van der Waals surface area contributed by atoms with Crippen LogP contribution in [0.5, 0.6) is 0 Å². The van der Waals surface area contributed by atoms with Crippen molar-refractivity contribution in [2.45, 2.75) is 11.8 Å². The van der Waals surface area contributed by atoms with E-state index in [0.717, 1.165) is 0 Å². The van der Waals surface area contributed by atoms with E-state index in [2.05, 4.69) is 5.16 Å². The van der Waals surface area contributed by atoms with Gasteiger partial charge in [0.05, 0.1) is 5.69 Å². The van der Waals surface area contributed by atoms with Crippen LogP contribution in [0.25, 0.3) is 11.0 Å². The Hall–Kier alpha value is -1.07. The summed E-state index contributed by atoms with van der Waals surface area (Å²) >= 11 is 0. The minimum atomic E-state index is -3.78. The predicted molar refractivity (Wildman–Crippen MR) is 51.8 cm³/mol. The SMILES string of the molecule is Cc1noc2c(S(=O)(=O)Cl)cccc12. The molecule has 74 valence electrons. The Morgan fingerprint density at radius 2 is 2.14 bits per heavy atom. The molecule has 2 rings (SSSR count). The first-order valence-electron chi connectivity index (χ1n) is 3.80. The number of para-hydroxylation sites is 1. The van der Waals surface area contributed by atoms with Crippen LogP contribution in [0.4, 0.5) is 0 Å². The molecule has 0 amide bonds. The summed E-state index contributed by atoms with van der Waals surface area (Å²) in [6.45, 7) is 1.73. The summed E-state index contributed by atoms with van der Waals surface area (Å²) in [5.41, 5.74) is 0.849. The van der Waals surface area contributed by atoms with Crippen LogP contribution in [0, 0.1) is 6.92 Å². The number of rotatable bonds is 1. The molecule has 0 unspecified atom stereocenters. The molecule has 0 bridgehead atoms. The molecule has 0 atom stereocenters. The highest BCUT2D eigenvalue weighted by Gasteiger charge is 2.18. The Balaban J connectivity index is 2.92. The molecule has 0 radical (unpaired) electrons. The van der Waals surface area contributed by atoms with Gasteiger partial charge in [0.2, 0.25) is 0 Å². The van der Waals surface area contributed by atoms with Crippen LogP contribution in [0.1, 0.15) is 5.69 Å². The van der Waals surface area contributed by atoms with Crippen molar-refractivity contribution in [2.75, 3.05) is 0 Å². The van der Waals surface area contributed by atoms with Gasteiger partial charge in [0.1, 0.15) is 4.90 Å². The van der Waals surface area contributed by atoms with Crippen LogP contribution in [0.2, 0.25) is 0 Å². The summed E-state index contributed by atoms with van der Waals surface area (Å²) in [7, 11) is 1.45. The summed E-state index contributed by atoms with van der Waals surface area (Å²) < 4.78 is 27.2. The number of hydrogen-bond acceptors (Lipinski definition) is 4. The lowest BCUT2D eigenvalue weighted by molar-refractivity contribution is 0.445. The minimum Gasteiger partial charge on any atom is -0.355 e. The second-order valence-electron chi connectivity index (χ2n) is 2.84. The van der Waals surface area contributed by atoms with E-state index in [1.165, 1.54) is 6.07 Å². The second kappa shape index (κ2) is 2.96. The molecule has 6 heteroatoms. The maximum atomic E-state index is 11.1. The van der Waals surface area contributed by atoms with E-state index in [-0.39, 0.29) is 10.5 Å². The first-order chi connectivity index (χ1) is 6.50. The molecule has 2 aromatic rings. The zero-order chi connectivity index (χ0) is 10.3. The van der Waals surface area contributed by atoms with Crippen molar-refractivity contribution in [1.82, 2.24) is 5.16 Å². The second-order valence-corrected chi connectivity index (χ2v) is 5.37. The average molecular weight is 232 g/mol. The Kier molecular flexibility index (Phi) is 2.01. The van der Waals surface area contributed by atoms with E-state index in [1.807, 2.05) is 0 Å². The number of aromatic nitrogens is 1. The monoisotopic (exact) mass is 231 g/mol. The van der Waals surface area contributed by atoms with Crippen molar-refractivity contribution < 1.29 is 12.9 Å². The molecule has 0 N–H and O–H groups in total. The smallest absolute Gasteiger partial charge is 0.265 e. The largest absolute Gasteiger partial charge is 0.355 e. The van der Waals surface area contributed by atoms with Crippen LogP contribution >= 0.6 is 10.7 Å². The first-order valence-corrected chi connectivity index (χ1v) is 6.11. The van der Waals surface area contributed by atoms with E-state index >= 15 is 0 Å². The molecule has 1 aromatic carbocycles. The molecule has 1 heterocycles. The van der Waals surface area contributed by atoms with Crippen molar-refractivity contribution in [2.24, 2.45) is 0 Å². The summed E-state index contributed by atoms with van der Waals surface area (Å²) in [4.78, 5) is -0.0442. The number of halogens is 1. The predicted octanol–water partition coefficient (Wildman–Crippen LogP) is 2.06. The van der Waals surface area contributed by atoms with Gasteiger partial charge >= 0.3 is 0 Å². The molecule has 0 saturated heterocycles. The van der Waals surface area contributed by atoms with E-state index in [9.17, 15) is 8.42 Å². The maximum absolute atomic E-state index is 11.1. The lowest BCUT2D eigenvalue weighted by atomic mass is 10.2. The summed E-state index contributed by atoms with van der Waals surface area (Å²) in [5.74, 6) is 0. The van der Waals surface area contributed by atoms with Gasteiger partial charge in [0.15, 0.2) is 5.58 Å². The van der Waals surface area contributed by atoms with Gasteiger partial charge in [-0.3, -0.25) is 0 Å². The van der Waals surface area contributed by atoms with E-state index in [4.69, 9.17) is 15.2 Å². The molecule has 0 saturated carbocycles. The average Bonchev–Trinajstić information content (AvgIpc) is 2.46. The molecule has 14 heavy (non-hydrogen) atoms. The molecule has 0 spiro atoms. The molecule has 0 fully saturated rings. The van der Waals surface area contributed by atoms with E-state index in [1.54, 1.807) is 19.1 Å². The fourth-order valence-electron chi connectivity index (χ4n) is 1.25. The zero-order valence-electron chi connectivity index (χ0n) is 7.19. The Morgan fingerprint density at radius 3 is 2.79 bits per heavy atom. The van der Waals surface area contributed by atoms with Gasteiger partial charge in [-0.1, -0.05) is 11.2 Å². The molecular weight excluding hydrogens is 226 g/mol. The van der Waals surface area contributed by atoms with Crippen molar-refractivity contribution in [3.63, 3.8) is 0 Å². The highest BCUT2D eigenvalue weighted by molar-refractivity contribution is 8.13. The normalized spacial score (nSPS) is 12.1. The minimum absolute atomic E-state index is 0.0442. The standard InChI is InChI=1S/C8H6ClNO3S/c1-5-6-3-2-4-7(14(9,11)12)8(6)13-10-5/h2-4H,1H3. The van der Waals surface area contributed by atoms with Crippen molar-refractivity contribution >= 4 is 30.7 Å².